The molecular weight excluding hydrogens is 164 g/mol. The van der Waals surface area contributed by atoms with Crippen LogP contribution in [0.25, 0.3) is 0 Å². The standard InChI is InChI=1S/C5H6N4O3/c6-5(10)1-3-4(9(11)12)2-7-8-3/h2H,1H2,(H2,6,10)(H,7,8). The zero-order valence-electron chi connectivity index (χ0n) is 5.98. The van der Waals surface area contributed by atoms with E-state index < -0.39 is 10.8 Å². The summed E-state index contributed by atoms with van der Waals surface area (Å²) in [6, 6.07) is 0. The first kappa shape index (κ1) is 8.18. The fourth-order valence-electron chi connectivity index (χ4n) is 0.768. The van der Waals surface area contributed by atoms with Gasteiger partial charge in [-0.05, 0) is 0 Å². The van der Waals surface area contributed by atoms with Crippen molar-refractivity contribution in [1.82, 2.24) is 10.2 Å². The number of hydrogen-bond donors (Lipinski definition) is 2. The summed E-state index contributed by atoms with van der Waals surface area (Å²) in [5.41, 5.74) is 4.76. The Kier molecular flexibility index (Phi) is 2.04. The van der Waals surface area contributed by atoms with E-state index in [0.717, 1.165) is 6.20 Å². The third-order valence-corrected chi connectivity index (χ3v) is 1.24. The van der Waals surface area contributed by atoms with Gasteiger partial charge in [0.2, 0.25) is 5.91 Å². The summed E-state index contributed by atoms with van der Waals surface area (Å²) >= 11 is 0. The van der Waals surface area contributed by atoms with E-state index in [1.165, 1.54) is 0 Å². The second-order valence-corrected chi connectivity index (χ2v) is 2.13. The number of nitrogens with zero attached hydrogens (tertiary/aromatic N) is 2. The van der Waals surface area contributed by atoms with Crippen LogP contribution in [0.1, 0.15) is 5.69 Å². The molecule has 0 saturated heterocycles. The molecule has 1 heterocycles. The van der Waals surface area contributed by atoms with Gasteiger partial charge in [0.15, 0.2) is 0 Å². The maximum absolute atomic E-state index is 10.4. The predicted molar refractivity (Wildman–Crippen MR) is 38.1 cm³/mol. The summed E-state index contributed by atoms with van der Waals surface area (Å²) in [6.45, 7) is 0. The monoisotopic (exact) mass is 170 g/mol. The number of hydrogen-bond acceptors (Lipinski definition) is 4. The molecule has 64 valence electrons. The van der Waals surface area contributed by atoms with E-state index in [1.807, 2.05) is 0 Å². The Morgan fingerprint density at radius 1 is 1.83 bits per heavy atom. The number of rotatable bonds is 3. The lowest BCUT2D eigenvalue weighted by molar-refractivity contribution is -0.385. The Hall–Kier alpha value is -1.92. The van der Waals surface area contributed by atoms with Gasteiger partial charge in [-0.3, -0.25) is 20.0 Å². The van der Waals surface area contributed by atoms with Crippen LogP contribution in [0.2, 0.25) is 0 Å². The minimum Gasteiger partial charge on any atom is -0.369 e. The van der Waals surface area contributed by atoms with Gasteiger partial charge in [0.05, 0.1) is 11.3 Å². The SMILES string of the molecule is NC(=O)Cc1[nH]ncc1[N+](=O)[O-]. The molecule has 1 aromatic heterocycles. The van der Waals surface area contributed by atoms with Crippen molar-refractivity contribution in [2.24, 2.45) is 5.73 Å². The van der Waals surface area contributed by atoms with Crippen LogP contribution in [-0.4, -0.2) is 21.0 Å². The molecule has 0 aliphatic heterocycles. The molecule has 12 heavy (non-hydrogen) atoms. The Balaban J connectivity index is 2.91. The first-order valence-electron chi connectivity index (χ1n) is 3.06. The highest BCUT2D eigenvalue weighted by Crippen LogP contribution is 2.14. The van der Waals surface area contributed by atoms with E-state index in [4.69, 9.17) is 5.73 Å². The predicted octanol–water partition coefficient (Wildman–Crippen LogP) is -0.654. The highest BCUT2D eigenvalue weighted by molar-refractivity contribution is 5.77. The Morgan fingerprint density at radius 2 is 2.50 bits per heavy atom. The van der Waals surface area contributed by atoms with E-state index in [1.54, 1.807) is 0 Å². The number of primary amides is 1. The zero-order chi connectivity index (χ0) is 9.14. The topological polar surface area (TPSA) is 115 Å². The van der Waals surface area contributed by atoms with Crippen LogP contribution in [0.3, 0.4) is 0 Å². The number of carbonyl (C=O) groups is 1. The fourth-order valence-corrected chi connectivity index (χ4v) is 0.768. The molecule has 0 unspecified atom stereocenters. The van der Waals surface area contributed by atoms with E-state index in [0.29, 0.717) is 0 Å². The van der Waals surface area contributed by atoms with Crippen LogP contribution >= 0.6 is 0 Å². The maximum atomic E-state index is 10.4. The molecule has 7 nitrogen and oxygen atoms in total. The van der Waals surface area contributed by atoms with Crippen molar-refractivity contribution in [1.29, 1.82) is 0 Å². The lowest BCUT2D eigenvalue weighted by atomic mass is 10.3. The van der Waals surface area contributed by atoms with Crippen LogP contribution in [-0.2, 0) is 11.2 Å². The number of aromatic nitrogens is 2. The Bertz CT molecular complexity index is 318. The van der Waals surface area contributed by atoms with Crippen molar-refractivity contribution in [3.63, 3.8) is 0 Å². The normalized spacial score (nSPS) is 9.67. The van der Waals surface area contributed by atoms with Crippen LogP contribution in [0.5, 0.6) is 0 Å². The van der Waals surface area contributed by atoms with Gasteiger partial charge in [-0.2, -0.15) is 5.10 Å². The first-order valence-corrected chi connectivity index (χ1v) is 3.06. The maximum Gasteiger partial charge on any atom is 0.310 e. The molecule has 3 N–H and O–H groups in total. The molecule has 0 aliphatic carbocycles. The van der Waals surface area contributed by atoms with Gasteiger partial charge in [-0.15, -0.1) is 0 Å². The van der Waals surface area contributed by atoms with E-state index in [-0.39, 0.29) is 17.8 Å². The molecule has 0 radical (unpaired) electrons. The second-order valence-electron chi connectivity index (χ2n) is 2.13. The highest BCUT2D eigenvalue weighted by Gasteiger charge is 2.16. The summed E-state index contributed by atoms with van der Waals surface area (Å²) < 4.78 is 0. The molecule has 0 aliphatic rings. The molecule has 0 bridgehead atoms. The average molecular weight is 170 g/mol. The van der Waals surface area contributed by atoms with Gasteiger partial charge in [-0.25, -0.2) is 0 Å². The van der Waals surface area contributed by atoms with Crippen molar-refractivity contribution in [2.45, 2.75) is 6.42 Å². The van der Waals surface area contributed by atoms with Crippen molar-refractivity contribution in [3.8, 4) is 0 Å². The summed E-state index contributed by atoms with van der Waals surface area (Å²) in [6.07, 6.45) is 0.842. The summed E-state index contributed by atoms with van der Waals surface area (Å²) in [5, 5.41) is 16.0. The van der Waals surface area contributed by atoms with Gasteiger partial charge in [0.25, 0.3) is 0 Å². The van der Waals surface area contributed by atoms with Crippen molar-refractivity contribution in [2.75, 3.05) is 0 Å². The molecule has 1 aromatic rings. The Morgan fingerprint density at radius 3 is 3.00 bits per heavy atom. The number of amides is 1. The number of H-pyrrole nitrogens is 1. The van der Waals surface area contributed by atoms with Crippen molar-refractivity contribution >= 4 is 11.6 Å². The zero-order valence-corrected chi connectivity index (χ0v) is 5.98. The fraction of sp³-hybridized carbons (Fsp3) is 0.200. The third kappa shape index (κ3) is 1.57. The van der Waals surface area contributed by atoms with Crippen molar-refractivity contribution < 1.29 is 9.72 Å². The molecule has 0 spiro atoms. The second kappa shape index (κ2) is 2.99. The van der Waals surface area contributed by atoms with E-state index in [9.17, 15) is 14.9 Å². The van der Waals surface area contributed by atoms with Gasteiger partial charge in [0, 0.05) is 0 Å². The van der Waals surface area contributed by atoms with Crippen LogP contribution < -0.4 is 5.73 Å². The first-order chi connectivity index (χ1) is 5.61. The molecule has 0 fully saturated rings. The van der Waals surface area contributed by atoms with Crippen LogP contribution in [0, 0.1) is 10.1 Å². The molecular formula is C5H6N4O3. The van der Waals surface area contributed by atoms with E-state index in [2.05, 4.69) is 10.2 Å². The van der Waals surface area contributed by atoms with Gasteiger partial charge >= 0.3 is 5.69 Å². The van der Waals surface area contributed by atoms with Gasteiger partial charge in [-0.1, -0.05) is 0 Å². The number of aromatic amines is 1. The van der Waals surface area contributed by atoms with E-state index >= 15 is 0 Å². The molecule has 0 saturated carbocycles. The number of nitro groups is 1. The lowest BCUT2D eigenvalue weighted by Crippen LogP contribution is -2.14. The van der Waals surface area contributed by atoms with Gasteiger partial charge in [0.1, 0.15) is 11.9 Å². The minimum absolute atomic E-state index is 0.132. The quantitative estimate of drug-likeness (QED) is 0.463. The molecule has 7 heteroatoms. The molecule has 1 amide bonds. The highest BCUT2D eigenvalue weighted by atomic mass is 16.6. The minimum atomic E-state index is -0.637. The smallest absolute Gasteiger partial charge is 0.310 e. The van der Waals surface area contributed by atoms with Crippen molar-refractivity contribution in [3.05, 3.63) is 22.0 Å². The molecule has 1 rings (SSSR count). The average Bonchev–Trinajstić information content (AvgIpc) is 2.33. The number of nitrogens with one attached hydrogen (secondary N) is 1. The molecule has 0 atom stereocenters. The summed E-state index contributed by atoms with van der Waals surface area (Å²) in [4.78, 5) is 20.0. The third-order valence-electron chi connectivity index (χ3n) is 1.24. The number of nitrogens with two attached hydrogens (primary N) is 1. The van der Waals surface area contributed by atoms with Crippen LogP contribution in [0.4, 0.5) is 5.69 Å². The summed E-state index contributed by atoms with van der Waals surface area (Å²) in [5.74, 6) is -0.637. The largest absolute Gasteiger partial charge is 0.369 e. The Labute approximate surface area is 66.7 Å². The number of carbonyl (C=O) groups excluding carboxylic acids is 1. The van der Waals surface area contributed by atoms with Crippen LogP contribution in [0.15, 0.2) is 6.20 Å². The summed E-state index contributed by atoms with van der Waals surface area (Å²) in [7, 11) is 0. The lowest BCUT2D eigenvalue weighted by Gasteiger charge is -1.90. The van der Waals surface area contributed by atoms with Gasteiger partial charge < -0.3 is 5.73 Å². The molecule has 0 aromatic carbocycles.